The van der Waals surface area contributed by atoms with Crippen molar-refractivity contribution >= 4 is 21.4 Å². The van der Waals surface area contributed by atoms with E-state index in [4.69, 9.17) is 16.3 Å². The van der Waals surface area contributed by atoms with Gasteiger partial charge >= 0.3 is 0 Å². The lowest BCUT2D eigenvalue weighted by Crippen LogP contribution is -2.08. The van der Waals surface area contributed by atoms with Gasteiger partial charge in [0.15, 0.2) is 0 Å². The van der Waals surface area contributed by atoms with E-state index in [1.807, 2.05) is 19.1 Å². The van der Waals surface area contributed by atoms with Crippen LogP contribution in [0, 0.1) is 6.92 Å². The van der Waals surface area contributed by atoms with Crippen LogP contribution in [-0.2, 0) is 9.84 Å². The van der Waals surface area contributed by atoms with Gasteiger partial charge in [-0.05, 0) is 31.0 Å². The minimum Gasteiger partial charge on any atom is -0.492 e. The van der Waals surface area contributed by atoms with Crippen molar-refractivity contribution in [1.29, 1.82) is 0 Å². The molecule has 0 unspecified atom stereocenters. The van der Waals surface area contributed by atoms with Gasteiger partial charge < -0.3 is 4.74 Å². The van der Waals surface area contributed by atoms with Crippen molar-refractivity contribution < 1.29 is 13.2 Å². The lowest BCUT2D eigenvalue weighted by molar-refractivity contribution is 0.318. The van der Waals surface area contributed by atoms with E-state index in [0.29, 0.717) is 23.8 Å². The lowest BCUT2D eigenvalue weighted by Gasteiger charge is -2.08. The summed E-state index contributed by atoms with van der Waals surface area (Å²) in [5, 5.41) is 0.546. The van der Waals surface area contributed by atoms with Crippen molar-refractivity contribution in [2.24, 2.45) is 0 Å². The van der Waals surface area contributed by atoms with Crippen molar-refractivity contribution in [1.82, 2.24) is 0 Å². The van der Waals surface area contributed by atoms with Gasteiger partial charge in [0.2, 0.25) is 0 Å². The summed E-state index contributed by atoms with van der Waals surface area (Å²) in [7, 11) is -2.91. The molecule has 5 heteroatoms. The Morgan fingerprint density at radius 1 is 1.38 bits per heavy atom. The normalized spacial score (nSPS) is 11.4. The molecule has 90 valence electrons. The maximum atomic E-state index is 10.9. The first-order valence-corrected chi connectivity index (χ1v) is 7.39. The van der Waals surface area contributed by atoms with Crippen LogP contribution in [0.15, 0.2) is 18.2 Å². The van der Waals surface area contributed by atoms with Gasteiger partial charge in [-0.15, -0.1) is 0 Å². The van der Waals surface area contributed by atoms with Crippen molar-refractivity contribution in [2.45, 2.75) is 13.3 Å². The topological polar surface area (TPSA) is 43.4 Å². The zero-order valence-corrected chi connectivity index (χ0v) is 10.9. The Bertz CT molecular complexity index is 454. The predicted octanol–water partition coefficient (Wildman–Crippen LogP) is 2.46. The van der Waals surface area contributed by atoms with E-state index in [-0.39, 0.29) is 5.75 Å². The molecule has 0 saturated heterocycles. The van der Waals surface area contributed by atoms with Crippen LogP contribution in [0.2, 0.25) is 5.02 Å². The van der Waals surface area contributed by atoms with Crippen LogP contribution in [0.25, 0.3) is 0 Å². The summed E-state index contributed by atoms with van der Waals surface area (Å²) >= 11 is 5.92. The first-order valence-electron chi connectivity index (χ1n) is 4.95. The Morgan fingerprint density at radius 3 is 2.69 bits per heavy atom. The highest BCUT2D eigenvalue weighted by Gasteiger charge is 2.04. The number of ether oxygens (including phenoxy) is 1. The monoisotopic (exact) mass is 262 g/mol. The predicted molar refractivity (Wildman–Crippen MR) is 66.0 cm³/mol. The number of sulfone groups is 1. The molecule has 0 fully saturated rings. The summed E-state index contributed by atoms with van der Waals surface area (Å²) in [6, 6.07) is 5.50. The Morgan fingerprint density at radius 2 is 2.06 bits per heavy atom. The largest absolute Gasteiger partial charge is 0.492 e. The Kier molecular flexibility index (Phi) is 4.62. The minimum absolute atomic E-state index is 0.135. The first kappa shape index (κ1) is 13.3. The highest BCUT2D eigenvalue weighted by molar-refractivity contribution is 7.90. The molecule has 1 rings (SSSR count). The van der Waals surface area contributed by atoms with Crippen molar-refractivity contribution in [3.8, 4) is 5.75 Å². The molecule has 0 N–H and O–H groups in total. The molecule has 0 heterocycles. The Hall–Kier alpha value is -0.740. The molecule has 0 bridgehead atoms. The number of halogens is 1. The summed E-state index contributed by atoms with van der Waals surface area (Å²) in [5.74, 6) is 0.742. The molecule has 1 aromatic rings. The molecule has 1 aromatic carbocycles. The summed E-state index contributed by atoms with van der Waals surface area (Å²) in [4.78, 5) is 0. The summed E-state index contributed by atoms with van der Waals surface area (Å²) in [6.07, 6.45) is 1.69. The molecular weight excluding hydrogens is 248 g/mol. The molecule has 3 nitrogen and oxygen atoms in total. The van der Waals surface area contributed by atoms with Gasteiger partial charge in [-0.3, -0.25) is 0 Å². The third-order valence-corrected chi connectivity index (χ3v) is 3.35. The summed E-state index contributed by atoms with van der Waals surface area (Å²) < 4.78 is 27.2. The van der Waals surface area contributed by atoms with E-state index in [0.717, 1.165) is 5.56 Å². The van der Waals surface area contributed by atoms with E-state index < -0.39 is 9.84 Å². The van der Waals surface area contributed by atoms with Crippen LogP contribution >= 0.6 is 11.6 Å². The van der Waals surface area contributed by atoms with Crippen LogP contribution in [0.5, 0.6) is 5.75 Å². The zero-order chi connectivity index (χ0) is 12.2. The third kappa shape index (κ3) is 4.86. The van der Waals surface area contributed by atoms with Crippen molar-refractivity contribution in [3.63, 3.8) is 0 Å². The van der Waals surface area contributed by atoms with Crippen molar-refractivity contribution in [3.05, 3.63) is 28.8 Å². The molecule has 0 saturated carbocycles. The molecule has 0 aromatic heterocycles. The quantitative estimate of drug-likeness (QED) is 0.766. The molecule has 0 spiro atoms. The van der Waals surface area contributed by atoms with Gasteiger partial charge in [-0.1, -0.05) is 17.7 Å². The fraction of sp³-hybridized carbons (Fsp3) is 0.455. The highest BCUT2D eigenvalue weighted by Crippen LogP contribution is 2.25. The van der Waals surface area contributed by atoms with Gasteiger partial charge in [-0.25, -0.2) is 8.42 Å². The second-order valence-electron chi connectivity index (χ2n) is 3.77. The minimum atomic E-state index is -2.91. The SMILES string of the molecule is Cc1ccc(Cl)c(OCCCS(C)(=O)=O)c1. The molecule has 0 amide bonds. The molecule has 0 aliphatic heterocycles. The molecule has 16 heavy (non-hydrogen) atoms. The number of hydrogen-bond donors (Lipinski definition) is 0. The average molecular weight is 263 g/mol. The Balaban J connectivity index is 2.46. The van der Waals surface area contributed by atoms with Gasteiger partial charge in [0.05, 0.1) is 17.4 Å². The smallest absolute Gasteiger partial charge is 0.147 e. The van der Waals surface area contributed by atoms with E-state index in [2.05, 4.69) is 0 Å². The van der Waals surface area contributed by atoms with Crippen molar-refractivity contribution in [2.75, 3.05) is 18.6 Å². The van der Waals surface area contributed by atoms with Crippen LogP contribution < -0.4 is 4.74 Å². The Labute approximate surface area is 101 Å². The second-order valence-corrected chi connectivity index (χ2v) is 6.43. The second kappa shape index (κ2) is 5.55. The van der Waals surface area contributed by atoms with Gasteiger partial charge in [0.25, 0.3) is 0 Å². The lowest BCUT2D eigenvalue weighted by atomic mass is 10.2. The van der Waals surface area contributed by atoms with Crippen LogP contribution in [-0.4, -0.2) is 27.0 Å². The zero-order valence-electron chi connectivity index (χ0n) is 9.36. The van der Waals surface area contributed by atoms with Gasteiger partial charge in [-0.2, -0.15) is 0 Å². The number of hydrogen-bond acceptors (Lipinski definition) is 3. The third-order valence-electron chi connectivity index (χ3n) is 2.00. The van der Waals surface area contributed by atoms with Crippen LogP contribution in [0.3, 0.4) is 0 Å². The average Bonchev–Trinajstić information content (AvgIpc) is 2.16. The molecule has 0 atom stereocenters. The summed E-state index contributed by atoms with van der Waals surface area (Å²) in [5.41, 5.74) is 1.06. The number of aryl methyl sites for hydroxylation is 1. The van der Waals surface area contributed by atoms with Gasteiger partial charge in [0, 0.05) is 6.26 Å². The van der Waals surface area contributed by atoms with E-state index in [9.17, 15) is 8.42 Å². The molecule has 0 aliphatic carbocycles. The standard InChI is InChI=1S/C11H15ClO3S/c1-9-4-5-10(12)11(8-9)15-6-3-7-16(2,13)14/h4-5,8H,3,6-7H2,1-2H3. The number of benzene rings is 1. The van der Waals surface area contributed by atoms with E-state index >= 15 is 0 Å². The summed E-state index contributed by atoms with van der Waals surface area (Å²) in [6.45, 7) is 2.30. The fourth-order valence-electron chi connectivity index (χ4n) is 1.22. The van der Waals surface area contributed by atoms with E-state index in [1.165, 1.54) is 6.26 Å². The van der Waals surface area contributed by atoms with E-state index in [1.54, 1.807) is 6.07 Å². The fourth-order valence-corrected chi connectivity index (χ4v) is 2.04. The maximum Gasteiger partial charge on any atom is 0.147 e. The van der Waals surface area contributed by atoms with Crippen LogP contribution in [0.4, 0.5) is 0 Å². The van der Waals surface area contributed by atoms with Gasteiger partial charge in [0.1, 0.15) is 15.6 Å². The molecule has 0 radical (unpaired) electrons. The first-order chi connectivity index (χ1) is 7.38. The maximum absolute atomic E-state index is 10.9. The number of rotatable bonds is 5. The molecule has 0 aliphatic rings. The van der Waals surface area contributed by atoms with Crippen LogP contribution in [0.1, 0.15) is 12.0 Å². The molecular formula is C11H15ClO3S. The highest BCUT2D eigenvalue weighted by atomic mass is 35.5.